The smallest absolute Gasteiger partial charge is 0.357 e. The first-order valence-electron chi connectivity index (χ1n) is 10.8. The molecule has 0 bridgehead atoms. The largest absolute Gasteiger partial charge is 0.461 e. The summed E-state index contributed by atoms with van der Waals surface area (Å²) >= 11 is 1.19. The third-order valence-corrected chi connectivity index (χ3v) is 6.36. The van der Waals surface area contributed by atoms with Crippen molar-refractivity contribution in [1.29, 1.82) is 0 Å². The Morgan fingerprint density at radius 1 is 1.12 bits per heavy atom. The molecule has 0 unspecified atom stereocenters. The molecule has 3 aromatic rings. The minimum atomic E-state index is -1.51. The number of carbonyl (C=O) groups excluding carboxylic acids is 1. The van der Waals surface area contributed by atoms with Gasteiger partial charge in [-0.15, -0.1) is 11.3 Å². The number of esters is 1. The number of aliphatic hydroxyl groups is 1. The zero-order valence-electron chi connectivity index (χ0n) is 18.4. The van der Waals surface area contributed by atoms with Crippen LogP contribution in [0, 0.1) is 0 Å². The minimum absolute atomic E-state index is 0.0123. The quantitative estimate of drug-likeness (QED) is 0.453. The molecular weight excluding hydrogens is 442 g/mol. The molecule has 1 aliphatic rings. The molecule has 0 radical (unpaired) electrons. The Hall–Kier alpha value is -2.62. The average Bonchev–Trinajstić information content (AvgIpc) is 3.46. The fourth-order valence-corrected chi connectivity index (χ4v) is 4.58. The molecule has 8 heteroatoms. The van der Waals surface area contributed by atoms with Crippen LogP contribution < -0.4 is 0 Å². The van der Waals surface area contributed by atoms with E-state index in [1.807, 2.05) is 60.7 Å². The third-order valence-electron chi connectivity index (χ3n) is 5.35. The highest BCUT2D eigenvalue weighted by molar-refractivity contribution is 7.10. The molecule has 0 amide bonds. The lowest BCUT2D eigenvalue weighted by Gasteiger charge is -2.29. The first-order valence-corrected chi connectivity index (χ1v) is 11.7. The molecule has 174 valence electrons. The van der Waals surface area contributed by atoms with E-state index in [1.54, 1.807) is 12.3 Å². The summed E-state index contributed by atoms with van der Waals surface area (Å²) in [5.41, 5.74) is 0.676. The number of hydrogen-bond acceptors (Lipinski definition) is 8. The van der Waals surface area contributed by atoms with Gasteiger partial charge in [-0.3, -0.25) is 0 Å². The molecule has 33 heavy (non-hydrogen) atoms. The lowest BCUT2D eigenvalue weighted by Crippen LogP contribution is -2.44. The van der Waals surface area contributed by atoms with Crippen LogP contribution in [0.2, 0.25) is 0 Å². The van der Waals surface area contributed by atoms with Crippen molar-refractivity contribution in [1.82, 2.24) is 4.98 Å². The zero-order chi connectivity index (χ0) is 23.1. The molecule has 2 heterocycles. The van der Waals surface area contributed by atoms with Gasteiger partial charge < -0.3 is 24.1 Å². The Morgan fingerprint density at radius 2 is 1.79 bits per heavy atom. The monoisotopic (exact) mass is 469 g/mol. The van der Waals surface area contributed by atoms with E-state index in [9.17, 15) is 9.90 Å². The Balaban J connectivity index is 1.50. The molecular formula is C25H27NO6S. The van der Waals surface area contributed by atoms with E-state index in [-0.39, 0.29) is 25.5 Å². The molecule has 1 saturated heterocycles. The summed E-state index contributed by atoms with van der Waals surface area (Å²) in [6.07, 6.45) is -1.23. The maximum atomic E-state index is 12.1. The van der Waals surface area contributed by atoms with Crippen LogP contribution in [-0.2, 0) is 37.8 Å². The second kappa shape index (κ2) is 11.0. The van der Waals surface area contributed by atoms with Crippen LogP contribution >= 0.6 is 11.3 Å². The van der Waals surface area contributed by atoms with Gasteiger partial charge >= 0.3 is 5.97 Å². The summed E-state index contributed by atoms with van der Waals surface area (Å²) in [6.45, 7) is 2.94. The highest BCUT2D eigenvalue weighted by Gasteiger charge is 2.53. The molecule has 0 saturated carbocycles. The van der Waals surface area contributed by atoms with E-state index in [2.05, 4.69) is 4.98 Å². The summed E-state index contributed by atoms with van der Waals surface area (Å²) in [4.78, 5) is 16.4. The van der Waals surface area contributed by atoms with Gasteiger partial charge in [0.1, 0.15) is 17.2 Å². The highest BCUT2D eigenvalue weighted by Crippen LogP contribution is 2.39. The number of benzene rings is 2. The molecule has 7 nitrogen and oxygen atoms in total. The topological polar surface area (TPSA) is 87.1 Å². The van der Waals surface area contributed by atoms with Crippen LogP contribution in [0.3, 0.4) is 0 Å². The van der Waals surface area contributed by atoms with Crippen LogP contribution in [0.25, 0.3) is 0 Å². The average molecular weight is 470 g/mol. The van der Waals surface area contributed by atoms with Crippen molar-refractivity contribution in [3.8, 4) is 0 Å². The summed E-state index contributed by atoms with van der Waals surface area (Å²) in [7, 11) is 0. The fourth-order valence-electron chi connectivity index (χ4n) is 3.67. The van der Waals surface area contributed by atoms with Gasteiger partial charge in [-0.2, -0.15) is 0 Å². The van der Waals surface area contributed by atoms with Gasteiger partial charge in [0.15, 0.2) is 11.3 Å². The lowest BCUT2D eigenvalue weighted by molar-refractivity contribution is -0.111. The predicted octanol–water partition coefficient (Wildman–Crippen LogP) is 3.71. The maximum Gasteiger partial charge on any atom is 0.357 e. The third kappa shape index (κ3) is 5.66. The fraction of sp³-hybridized carbons (Fsp3) is 0.360. The van der Waals surface area contributed by atoms with Gasteiger partial charge in [-0.05, 0) is 18.1 Å². The normalized spacial score (nSPS) is 22.4. The van der Waals surface area contributed by atoms with Gasteiger partial charge in [-0.1, -0.05) is 60.7 Å². The van der Waals surface area contributed by atoms with Crippen molar-refractivity contribution in [2.24, 2.45) is 0 Å². The van der Waals surface area contributed by atoms with E-state index in [0.717, 1.165) is 11.1 Å². The van der Waals surface area contributed by atoms with E-state index < -0.39 is 23.8 Å². The molecule has 1 aliphatic heterocycles. The van der Waals surface area contributed by atoms with Gasteiger partial charge in [0.25, 0.3) is 0 Å². The van der Waals surface area contributed by atoms with E-state index in [0.29, 0.717) is 18.2 Å². The summed E-state index contributed by atoms with van der Waals surface area (Å²) in [5, 5.41) is 13.5. The minimum Gasteiger partial charge on any atom is -0.461 e. The number of thiazole rings is 1. The summed E-state index contributed by atoms with van der Waals surface area (Å²) < 4.78 is 23.0. The van der Waals surface area contributed by atoms with Gasteiger partial charge in [0.05, 0.1) is 33.0 Å². The predicted molar refractivity (Wildman–Crippen MR) is 123 cm³/mol. The number of rotatable bonds is 10. The lowest BCUT2D eigenvalue weighted by atomic mass is 9.97. The molecule has 0 aliphatic carbocycles. The van der Waals surface area contributed by atoms with Crippen LogP contribution in [0.5, 0.6) is 0 Å². The number of nitrogens with zero attached hydrogens (tertiary/aromatic N) is 1. The van der Waals surface area contributed by atoms with Crippen molar-refractivity contribution < 1.29 is 28.8 Å². The van der Waals surface area contributed by atoms with Gasteiger partial charge in [-0.25, -0.2) is 9.78 Å². The maximum absolute atomic E-state index is 12.1. The van der Waals surface area contributed by atoms with E-state index in [1.165, 1.54) is 11.3 Å². The second-order valence-electron chi connectivity index (χ2n) is 7.75. The Morgan fingerprint density at radius 3 is 2.45 bits per heavy atom. The Kier molecular flexibility index (Phi) is 7.85. The first kappa shape index (κ1) is 23.5. The van der Waals surface area contributed by atoms with Crippen LogP contribution in [0.15, 0.2) is 66.0 Å². The van der Waals surface area contributed by atoms with E-state index in [4.69, 9.17) is 18.9 Å². The van der Waals surface area contributed by atoms with Crippen molar-refractivity contribution in [2.45, 2.75) is 37.9 Å². The Bertz CT molecular complexity index is 1030. The molecule has 4 rings (SSSR count). The van der Waals surface area contributed by atoms with Crippen molar-refractivity contribution >= 4 is 17.3 Å². The molecule has 0 spiro atoms. The zero-order valence-corrected chi connectivity index (χ0v) is 19.2. The van der Waals surface area contributed by atoms with Crippen molar-refractivity contribution in [2.75, 3.05) is 19.8 Å². The van der Waals surface area contributed by atoms with Crippen LogP contribution in [-0.4, -0.2) is 48.1 Å². The molecule has 1 fully saturated rings. The second-order valence-corrected chi connectivity index (χ2v) is 8.61. The van der Waals surface area contributed by atoms with E-state index >= 15 is 0 Å². The molecule has 1 aromatic heterocycles. The number of carbonyl (C=O) groups is 1. The molecule has 2 aromatic carbocycles. The van der Waals surface area contributed by atoms with Gasteiger partial charge in [0.2, 0.25) is 0 Å². The number of hydrogen-bond donors (Lipinski definition) is 1. The Labute approximate surface area is 196 Å². The number of ether oxygens (including phenoxy) is 4. The van der Waals surface area contributed by atoms with Crippen molar-refractivity contribution in [3.05, 3.63) is 87.9 Å². The number of aromatic nitrogens is 1. The summed E-state index contributed by atoms with van der Waals surface area (Å²) in [6, 6.07) is 19.6. The van der Waals surface area contributed by atoms with Crippen LogP contribution in [0.1, 0.15) is 33.5 Å². The molecule has 3 atom stereocenters. The summed E-state index contributed by atoms with van der Waals surface area (Å²) in [5.74, 6) is -0.521. The van der Waals surface area contributed by atoms with Crippen molar-refractivity contribution in [3.63, 3.8) is 0 Å². The standard InChI is InChI=1S/C25H27NO6S/c1-2-30-23(27)20-16-33-24(26-20)25(28)17-32-21(15-29-13-18-9-5-3-6-10-18)22(25)31-14-19-11-7-4-8-12-19/h3-12,16,21-22,28H,2,13-15,17H2,1H3/t21-,22-,25+/m1/s1. The first-order chi connectivity index (χ1) is 16.1. The van der Waals surface area contributed by atoms with Crippen LogP contribution in [0.4, 0.5) is 0 Å². The molecule has 1 N–H and O–H groups in total. The highest BCUT2D eigenvalue weighted by atomic mass is 32.1. The van der Waals surface area contributed by atoms with Gasteiger partial charge in [0, 0.05) is 5.38 Å². The SMILES string of the molecule is CCOC(=O)c1csc([C@]2(O)CO[C@H](COCc3ccccc3)[C@H]2OCc2ccccc2)n1.